The van der Waals surface area contributed by atoms with Crippen molar-refractivity contribution in [1.82, 2.24) is 25.0 Å². The topological polar surface area (TPSA) is 106 Å². The summed E-state index contributed by atoms with van der Waals surface area (Å²) in [5, 5.41) is 13.0. The van der Waals surface area contributed by atoms with E-state index in [1.165, 1.54) is 25.0 Å². The van der Waals surface area contributed by atoms with E-state index in [0.717, 1.165) is 24.6 Å². The number of primary sulfonamides is 1. The van der Waals surface area contributed by atoms with Gasteiger partial charge >= 0.3 is 0 Å². The van der Waals surface area contributed by atoms with E-state index in [2.05, 4.69) is 27.3 Å². The molecule has 2 aromatic rings. The Morgan fingerprint density at radius 2 is 2.04 bits per heavy atom. The normalized spacial score (nSPS) is 18.8. The molecule has 0 unspecified atom stereocenters. The number of rotatable bonds is 6. The van der Waals surface area contributed by atoms with Crippen LogP contribution in [0.15, 0.2) is 29.2 Å². The van der Waals surface area contributed by atoms with Crippen molar-refractivity contribution in [2.75, 3.05) is 20.1 Å². The summed E-state index contributed by atoms with van der Waals surface area (Å²) in [6.07, 6.45) is 2.46. The molecular formula is C16H24N6O2S. The van der Waals surface area contributed by atoms with Crippen molar-refractivity contribution in [3.05, 3.63) is 35.9 Å². The van der Waals surface area contributed by atoms with Gasteiger partial charge in [0.15, 0.2) is 0 Å². The summed E-state index contributed by atoms with van der Waals surface area (Å²) in [6.45, 7) is 4.50. The zero-order valence-electron chi connectivity index (χ0n) is 14.5. The molecule has 0 bridgehead atoms. The quantitative estimate of drug-likeness (QED) is 0.769. The molecule has 3 rings (SSSR count). The molecule has 1 aliphatic heterocycles. The molecule has 136 valence electrons. The maximum atomic E-state index is 11.4. The van der Waals surface area contributed by atoms with Crippen molar-refractivity contribution >= 4 is 10.0 Å². The fourth-order valence-electron chi connectivity index (χ4n) is 3.14. The van der Waals surface area contributed by atoms with Crippen LogP contribution >= 0.6 is 0 Å². The number of hydrogen-bond acceptors (Lipinski definition) is 6. The molecule has 0 aliphatic carbocycles. The Labute approximate surface area is 148 Å². The second-order valence-electron chi connectivity index (χ2n) is 6.43. The van der Waals surface area contributed by atoms with E-state index in [9.17, 15) is 8.42 Å². The summed E-state index contributed by atoms with van der Waals surface area (Å²) in [4.78, 5) is 6.92. The molecule has 0 amide bonds. The van der Waals surface area contributed by atoms with E-state index in [-0.39, 0.29) is 4.90 Å². The van der Waals surface area contributed by atoms with Crippen molar-refractivity contribution in [3.8, 4) is 5.69 Å². The Hall–Kier alpha value is -1.81. The van der Waals surface area contributed by atoms with E-state index < -0.39 is 10.0 Å². The van der Waals surface area contributed by atoms with Gasteiger partial charge in [-0.15, -0.1) is 0 Å². The van der Waals surface area contributed by atoms with Gasteiger partial charge in [0.25, 0.3) is 0 Å². The molecule has 3 N–H and O–H groups in total. The van der Waals surface area contributed by atoms with Gasteiger partial charge in [-0.25, -0.2) is 23.2 Å². The van der Waals surface area contributed by atoms with Gasteiger partial charge in [0.05, 0.1) is 17.1 Å². The average Bonchev–Trinajstić information content (AvgIpc) is 3.13. The Kier molecular flexibility index (Phi) is 5.19. The first-order valence-corrected chi connectivity index (χ1v) is 9.86. The zero-order chi connectivity index (χ0) is 18.0. The lowest BCUT2D eigenvalue weighted by Gasteiger charge is -2.19. The first kappa shape index (κ1) is 18.0. The highest BCUT2D eigenvalue weighted by atomic mass is 32.2. The van der Waals surface area contributed by atoms with Gasteiger partial charge in [-0.3, -0.25) is 0 Å². The van der Waals surface area contributed by atoms with E-state index in [0.29, 0.717) is 18.4 Å². The minimum absolute atomic E-state index is 0.0806. The fraction of sp³-hybridized carbons (Fsp3) is 0.500. The molecule has 1 fully saturated rings. The van der Waals surface area contributed by atoms with Crippen LogP contribution in [0.4, 0.5) is 0 Å². The number of nitrogens with zero attached hydrogens (tertiary/aromatic N) is 4. The number of sulfonamides is 1. The van der Waals surface area contributed by atoms with Crippen LogP contribution in [-0.4, -0.2) is 54.3 Å². The first-order valence-electron chi connectivity index (χ1n) is 8.31. The third-order valence-electron chi connectivity index (χ3n) is 4.52. The van der Waals surface area contributed by atoms with Crippen LogP contribution in [0.3, 0.4) is 0 Å². The molecule has 1 atom stereocenters. The van der Waals surface area contributed by atoms with E-state index >= 15 is 0 Å². The number of nitrogens with two attached hydrogens (primary N) is 1. The molecule has 2 heterocycles. The molecule has 1 saturated heterocycles. The fourth-order valence-corrected chi connectivity index (χ4v) is 3.66. The molecule has 0 radical (unpaired) electrons. The third kappa shape index (κ3) is 4.24. The number of benzene rings is 1. The summed E-state index contributed by atoms with van der Waals surface area (Å²) in [7, 11) is -1.55. The first-order chi connectivity index (χ1) is 11.8. The summed E-state index contributed by atoms with van der Waals surface area (Å²) in [5.74, 6) is 1.46. The van der Waals surface area contributed by atoms with E-state index in [1.54, 1.807) is 16.8 Å². The Morgan fingerprint density at radius 1 is 1.32 bits per heavy atom. The summed E-state index contributed by atoms with van der Waals surface area (Å²) < 4.78 is 24.5. The van der Waals surface area contributed by atoms with Crippen LogP contribution in [0.5, 0.6) is 0 Å². The Bertz CT molecular complexity index is 831. The minimum Gasteiger partial charge on any atom is -0.308 e. The van der Waals surface area contributed by atoms with Crippen LogP contribution in [0.2, 0.25) is 0 Å². The highest BCUT2D eigenvalue weighted by Gasteiger charge is 2.20. The van der Waals surface area contributed by atoms with Crippen LogP contribution < -0.4 is 10.5 Å². The molecular weight excluding hydrogens is 340 g/mol. The van der Waals surface area contributed by atoms with Crippen LogP contribution in [-0.2, 0) is 16.6 Å². The number of likely N-dealkylation sites (tertiary alicyclic amines) is 1. The minimum atomic E-state index is -3.70. The van der Waals surface area contributed by atoms with Crippen molar-refractivity contribution in [2.24, 2.45) is 5.14 Å². The lowest BCUT2D eigenvalue weighted by molar-refractivity contribution is 0.299. The molecule has 8 nitrogen and oxygen atoms in total. The van der Waals surface area contributed by atoms with Gasteiger partial charge in [0, 0.05) is 12.6 Å². The highest BCUT2D eigenvalue weighted by molar-refractivity contribution is 7.89. The van der Waals surface area contributed by atoms with Crippen molar-refractivity contribution in [3.63, 3.8) is 0 Å². The smallest absolute Gasteiger partial charge is 0.238 e. The molecule has 1 aliphatic rings. The summed E-state index contributed by atoms with van der Waals surface area (Å²) in [5.41, 5.74) is 0.753. The number of hydrogen-bond donors (Lipinski definition) is 2. The highest BCUT2D eigenvalue weighted by Crippen LogP contribution is 2.15. The van der Waals surface area contributed by atoms with Gasteiger partial charge in [0.2, 0.25) is 10.0 Å². The predicted molar refractivity (Wildman–Crippen MR) is 94.8 cm³/mol. The third-order valence-corrected chi connectivity index (χ3v) is 5.45. The van der Waals surface area contributed by atoms with Gasteiger partial charge in [-0.05, 0) is 57.6 Å². The number of aryl methyl sites for hydroxylation is 1. The van der Waals surface area contributed by atoms with Crippen LogP contribution in [0.25, 0.3) is 5.69 Å². The molecule has 1 aromatic heterocycles. The van der Waals surface area contributed by atoms with Crippen LogP contribution in [0.1, 0.15) is 24.5 Å². The molecule has 1 aromatic carbocycles. The van der Waals surface area contributed by atoms with E-state index in [4.69, 9.17) is 5.14 Å². The molecule has 9 heteroatoms. The Balaban J connectivity index is 1.72. The lowest BCUT2D eigenvalue weighted by Crippen LogP contribution is -2.35. The predicted octanol–water partition coefficient (Wildman–Crippen LogP) is 0.407. The second kappa shape index (κ2) is 7.20. The lowest BCUT2D eigenvalue weighted by atomic mass is 10.2. The zero-order valence-corrected chi connectivity index (χ0v) is 15.3. The summed E-state index contributed by atoms with van der Waals surface area (Å²) in [6, 6.07) is 6.88. The number of nitrogens with one attached hydrogen (secondary N) is 1. The van der Waals surface area contributed by atoms with Gasteiger partial charge in [-0.2, -0.15) is 5.10 Å². The van der Waals surface area contributed by atoms with Gasteiger partial charge in [-0.1, -0.05) is 0 Å². The average molecular weight is 364 g/mol. The summed E-state index contributed by atoms with van der Waals surface area (Å²) >= 11 is 0. The maximum Gasteiger partial charge on any atom is 0.238 e. The molecule has 25 heavy (non-hydrogen) atoms. The second-order valence-corrected chi connectivity index (χ2v) is 7.99. The number of likely N-dealkylation sites (N-methyl/N-ethyl adjacent to an activating group) is 1. The molecule has 0 spiro atoms. The largest absolute Gasteiger partial charge is 0.308 e. The van der Waals surface area contributed by atoms with Gasteiger partial charge < -0.3 is 10.2 Å². The van der Waals surface area contributed by atoms with Crippen molar-refractivity contribution in [1.29, 1.82) is 0 Å². The number of aromatic nitrogens is 3. The van der Waals surface area contributed by atoms with Crippen molar-refractivity contribution < 1.29 is 8.42 Å². The Morgan fingerprint density at radius 3 is 2.64 bits per heavy atom. The SMILES string of the molecule is Cc1nc(CNC[C@@H]2CCCN2C)n(-c2ccc(S(N)(=O)=O)cc2)n1. The van der Waals surface area contributed by atoms with E-state index in [1.807, 2.05) is 6.92 Å². The van der Waals surface area contributed by atoms with Crippen molar-refractivity contribution in [2.45, 2.75) is 37.2 Å². The standard InChI is InChI=1S/C16H24N6O2S/c1-12-19-16(11-18-10-14-4-3-9-21(14)2)22(20-12)13-5-7-15(8-6-13)25(17,23)24/h5-8,14,18H,3-4,9-11H2,1-2H3,(H2,17,23,24)/t14-/m0/s1. The van der Waals surface area contributed by atoms with Gasteiger partial charge in [0.1, 0.15) is 11.6 Å². The monoisotopic (exact) mass is 364 g/mol. The van der Waals surface area contributed by atoms with Crippen LogP contribution in [0, 0.1) is 6.92 Å². The maximum absolute atomic E-state index is 11.4. The molecule has 0 saturated carbocycles.